The topological polar surface area (TPSA) is 136 Å². The van der Waals surface area contributed by atoms with Crippen LogP contribution < -0.4 is 5.32 Å². The van der Waals surface area contributed by atoms with Crippen LogP contribution in [0.15, 0.2) is 12.7 Å². The van der Waals surface area contributed by atoms with E-state index >= 15 is 0 Å². The summed E-state index contributed by atoms with van der Waals surface area (Å²) in [4.78, 5) is 21.7. The van der Waals surface area contributed by atoms with Gasteiger partial charge in [-0.2, -0.15) is 0 Å². The fourth-order valence-electron chi connectivity index (χ4n) is 1.40. The van der Waals surface area contributed by atoms with Gasteiger partial charge in [-0.05, 0) is 6.08 Å². The molecular weight excluding hydrogens is 234 g/mol. The Hall–Kier alpha value is -1.48. The molecule has 0 aromatic carbocycles. The third-order valence-electron chi connectivity index (χ3n) is 2.33. The molecule has 5 N–H and O–H groups in total. The van der Waals surface area contributed by atoms with Crippen molar-refractivity contribution in [3.8, 4) is 0 Å². The molecule has 17 heavy (non-hydrogen) atoms. The second kappa shape index (κ2) is 5.23. The molecule has 1 aliphatic rings. The lowest BCUT2D eigenvalue weighted by atomic mass is 9.98. The van der Waals surface area contributed by atoms with Crippen molar-refractivity contribution < 1.29 is 34.8 Å². The highest BCUT2D eigenvalue weighted by atomic mass is 16.6. The molecule has 0 bridgehead atoms. The highest BCUT2D eigenvalue weighted by Crippen LogP contribution is 2.20. The lowest BCUT2D eigenvalue weighted by molar-refractivity contribution is -0.233. The first-order valence-corrected chi connectivity index (χ1v) is 4.74. The maximum atomic E-state index is 11.0. The Morgan fingerprint density at radius 3 is 2.24 bits per heavy atom. The summed E-state index contributed by atoms with van der Waals surface area (Å²) in [6.07, 6.45) is -7.42. The van der Waals surface area contributed by atoms with Crippen LogP contribution in [0.3, 0.4) is 0 Å². The van der Waals surface area contributed by atoms with E-state index in [1.807, 2.05) is 0 Å². The number of amides is 1. The number of nitrogens with one attached hydrogen (secondary N) is 1. The molecule has 1 fully saturated rings. The summed E-state index contributed by atoms with van der Waals surface area (Å²) in [6, 6.07) is 0. The number of aliphatic hydroxyl groups excluding tert-OH is 3. The zero-order valence-electron chi connectivity index (χ0n) is 8.68. The monoisotopic (exact) mass is 247 g/mol. The van der Waals surface area contributed by atoms with E-state index in [0.29, 0.717) is 0 Å². The van der Waals surface area contributed by atoms with Crippen molar-refractivity contribution in [2.75, 3.05) is 0 Å². The number of carbonyl (C=O) groups excluding carboxylic acids is 1. The average molecular weight is 247 g/mol. The number of carbonyl (C=O) groups is 2. The molecule has 0 aromatic rings. The predicted molar refractivity (Wildman–Crippen MR) is 52.7 cm³/mol. The van der Waals surface area contributed by atoms with Crippen molar-refractivity contribution in [2.45, 2.75) is 30.6 Å². The van der Waals surface area contributed by atoms with Crippen LogP contribution in [-0.2, 0) is 14.3 Å². The summed E-state index contributed by atoms with van der Waals surface area (Å²) in [7, 11) is 0. The molecule has 1 aliphatic heterocycles. The number of aliphatic hydroxyl groups is 3. The first-order chi connectivity index (χ1) is 7.88. The number of aliphatic carboxylic acids is 1. The molecule has 96 valence electrons. The minimum absolute atomic E-state index is 0.707. The third kappa shape index (κ3) is 2.80. The molecule has 0 unspecified atom stereocenters. The fourth-order valence-corrected chi connectivity index (χ4v) is 1.40. The Labute approximate surface area is 96.1 Å². The summed E-state index contributed by atoms with van der Waals surface area (Å²) in [5.41, 5.74) is 0. The van der Waals surface area contributed by atoms with Gasteiger partial charge in [0.1, 0.15) is 18.3 Å². The highest BCUT2D eigenvalue weighted by molar-refractivity contribution is 5.87. The van der Waals surface area contributed by atoms with Crippen LogP contribution >= 0.6 is 0 Å². The zero-order chi connectivity index (χ0) is 13.2. The van der Waals surface area contributed by atoms with Gasteiger partial charge in [0.05, 0.1) is 0 Å². The summed E-state index contributed by atoms with van der Waals surface area (Å²) in [6.45, 7) is 3.16. The van der Waals surface area contributed by atoms with Gasteiger partial charge in [-0.3, -0.25) is 4.79 Å². The van der Waals surface area contributed by atoms with Crippen molar-refractivity contribution in [1.29, 1.82) is 0 Å². The van der Waals surface area contributed by atoms with Crippen LogP contribution in [-0.4, -0.2) is 62.9 Å². The summed E-state index contributed by atoms with van der Waals surface area (Å²) in [5, 5.41) is 39.0. The van der Waals surface area contributed by atoms with Gasteiger partial charge in [0.25, 0.3) is 0 Å². The number of hydrogen-bond acceptors (Lipinski definition) is 6. The Morgan fingerprint density at radius 2 is 1.76 bits per heavy atom. The van der Waals surface area contributed by atoms with Crippen molar-refractivity contribution >= 4 is 11.9 Å². The molecule has 0 aliphatic carbocycles. The maximum absolute atomic E-state index is 11.0. The third-order valence-corrected chi connectivity index (χ3v) is 2.33. The predicted octanol–water partition coefficient (Wildman–Crippen LogP) is -2.82. The SMILES string of the molecule is C=CC(=O)N[C@@H]1O[C@H](C(=O)O)[C@@H](O)[C@H](O)[C@H]1O. The van der Waals surface area contributed by atoms with Gasteiger partial charge in [-0.25, -0.2) is 4.79 Å². The zero-order valence-corrected chi connectivity index (χ0v) is 8.68. The fraction of sp³-hybridized carbons (Fsp3) is 0.556. The Bertz CT molecular complexity index is 331. The number of rotatable bonds is 3. The van der Waals surface area contributed by atoms with Gasteiger partial charge in [0, 0.05) is 0 Å². The van der Waals surface area contributed by atoms with Gasteiger partial charge in [0.15, 0.2) is 12.3 Å². The second-order valence-electron chi connectivity index (χ2n) is 3.50. The molecule has 1 saturated heterocycles. The molecule has 8 heteroatoms. The normalized spacial score (nSPS) is 37.2. The Kier molecular flexibility index (Phi) is 4.18. The quantitative estimate of drug-likeness (QED) is 0.339. The first kappa shape index (κ1) is 13.6. The van der Waals surface area contributed by atoms with Crippen LogP contribution in [0.4, 0.5) is 0 Å². The lowest BCUT2D eigenvalue weighted by Crippen LogP contribution is -2.64. The lowest BCUT2D eigenvalue weighted by Gasteiger charge is -2.38. The number of carboxylic acids is 1. The van der Waals surface area contributed by atoms with Crippen LogP contribution in [0.25, 0.3) is 0 Å². The molecule has 1 rings (SSSR count). The molecule has 1 amide bonds. The van der Waals surface area contributed by atoms with Gasteiger partial charge < -0.3 is 30.5 Å². The largest absolute Gasteiger partial charge is 0.479 e. The summed E-state index contributed by atoms with van der Waals surface area (Å²) < 4.78 is 4.78. The van der Waals surface area contributed by atoms with E-state index in [1.54, 1.807) is 0 Å². The molecule has 0 saturated carbocycles. The Balaban J connectivity index is 2.81. The van der Waals surface area contributed by atoms with E-state index in [9.17, 15) is 24.9 Å². The van der Waals surface area contributed by atoms with Crippen LogP contribution in [0, 0.1) is 0 Å². The van der Waals surface area contributed by atoms with Crippen molar-refractivity contribution in [3.63, 3.8) is 0 Å². The molecule has 8 nitrogen and oxygen atoms in total. The van der Waals surface area contributed by atoms with Crippen LogP contribution in [0.5, 0.6) is 0 Å². The van der Waals surface area contributed by atoms with Gasteiger partial charge in [0.2, 0.25) is 5.91 Å². The van der Waals surface area contributed by atoms with E-state index in [2.05, 4.69) is 11.9 Å². The van der Waals surface area contributed by atoms with Gasteiger partial charge in [-0.1, -0.05) is 6.58 Å². The molecule has 1 heterocycles. The second-order valence-corrected chi connectivity index (χ2v) is 3.50. The van der Waals surface area contributed by atoms with E-state index in [4.69, 9.17) is 9.84 Å². The smallest absolute Gasteiger partial charge is 0.335 e. The van der Waals surface area contributed by atoms with Crippen LogP contribution in [0.1, 0.15) is 0 Å². The molecule has 0 radical (unpaired) electrons. The van der Waals surface area contributed by atoms with E-state index in [1.165, 1.54) is 0 Å². The van der Waals surface area contributed by atoms with E-state index < -0.39 is 42.5 Å². The van der Waals surface area contributed by atoms with Crippen molar-refractivity contribution in [2.24, 2.45) is 0 Å². The molecular formula is C9H13NO7. The summed E-state index contributed by atoms with van der Waals surface area (Å²) in [5.74, 6) is -2.22. The van der Waals surface area contributed by atoms with Crippen LogP contribution in [0.2, 0.25) is 0 Å². The molecule has 0 aromatic heterocycles. The Morgan fingerprint density at radius 1 is 1.18 bits per heavy atom. The first-order valence-electron chi connectivity index (χ1n) is 4.74. The van der Waals surface area contributed by atoms with Gasteiger partial charge in [-0.15, -0.1) is 0 Å². The summed E-state index contributed by atoms with van der Waals surface area (Å²) >= 11 is 0. The standard InChI is InChI=1S/C9H13NO7/c1-2-3(11)10-8-6(14)4(12)5(13)7(17-8)9(15)16/h2,4-8,12-14H,1H2,(H,10,11)(H,15,16)/t4-,5-,6+,7-,8+/m0/s1. The van der Waals surface area contributed by atoms with E-state index in [0.717, 1.165) is 6.08 Å². The average Bonchev–Trinajstić information content (AvgIpc) is 2.29. The van der Waals surface area contributed by atoms with E-state index in [-0.39, 0.29) is 0 Å². The number of hydrogen-bond donors (Lipinski definition) is 5. The van der Waals surface area contributed by atoms with Crippen molar-refractivity contribution in [1.82, 2.24) is 5.32 Å². The maximum Gasteiger partial charge on any atom is 0.335 e. The minimum Gasteiger partial charge on any atom is -0.479 e. The van der Waals surface area contributed by atoms with Crippen molar-refractivity contribution in [3.05, 3.63) is 12.7 Å². The number of ether oxygens (including phenoxy) is 1. The number of carboxylic acid groups (broad SMARTS) is 1. The molecule has 0 spiro atoms. The van der Waals surface area contributed by atoms with Gasteiger partial charge >= 0.3 is 5.97 Å². The molecule has 5 atom stereocenters. The minimum atomic E-state index is -1.78. The highest BCUT2D eigenvalue weighted by Gasteiger charge is 2.47.